The van der Waals surface area contributed by atoms with Gasteiger partial charge in [-0.25, -0.2) is 9.18 Å². The third-order valence-electron chi connectivity index (χ3n) is 6.14. The maximum Gasteiger partial charge on any atom is 0.323 e. The van der Waals surface area contributed by atoms with Crippen molar-refractivity contribution in [1.82, 2.24) is 10.2 Å². The molecule has 2 aromatic rings. The minimum absolute atomic E-state index is 0.0565. The minimum Gasteiger partial charge on any atom is -0.490 e. The molecular weight excluding hydrogens is 455 g/mol. The van der Waals surface area contributed by atoms with Gasteiger partial charge in [0.1, 0.15) is 24.3 Å². The number of hydrogen-bond acceptors (Lipinski definition) is 5. The second-order valence-electron chi connectivity index (χ2n) is 8.63. The van der Waals surface area contributed by atoms with Crippen LogP contribution in [0.5, 0.6) is 5.75 Å². The Hall–Kier alpha value is -3.66. The molecule has 0 spiro atoms. The molecule has 10 heteroatoms. The summed E-state index contributed by atoms with van der Waals surface area (Å²) >= 11 is 0. The number of nitrogens with zero attached hydrogens (tertiary/aromatic N) is 1. The summed E-state index contributed by atoms with van der Waals surface area (Å²) in [5, 5.41) is 8.00. The Labute approximate surface area is 203 Å². The Bertz CT molecular complexity index is 1110. The van der Waals surface area contributed by atoms with Gasteiger partial charge >= 0.3 is 6.03 Å². The summed E-state index contributed by atoms with van der Waals surface area (Å²) in [6, 6.07) is 9.58. The number of halogens is 1. The maximum absolute atomic E-state index is 13.4. The van der Waals surface area contributed by atoms with E-state index in [4.69, 9.17) is 9.47 Å². The van der Waals surface area contributed by atoms with Gasteiger partial charge in [0.15, 0.2) is 0 Å². The van der Waals surface area contributed by atoms with E-state index in [1.165, 1.54) is 18.2 Å². The second-order valence-corrected chi connectivity index (χ2v) is 8.63. The molecule has 35 heavy (non-hydrogen) atoms. The average Bonchev–Trinajstić information content (AvgIpc) is 2.82. The summed E-state index contributed by atoms with van der Waals surface area (Å²) in [7, 11) is 1.72. The van der Waals surface area contributed by atoms with E-state index in [0.717, 1.165) is 0 Å². The number of benzene rings is 2. The molecule has 2 aliphatic heterocycles. The molecule has 4 amide bonds. The highest BCUT2D eigenvalue weighted by Gasteiger charge is 2.39. The number of anilines is 2. The molecule has 2 aliphatic rings. The topological polar surface area (TPSA) is 109 Å². The zero-order valence-electron chi connectivity index (χ0n) is 19.7. The van der Waals surface area contributed by atoms with E-state index in [-0.39, 0.29) is 43.1 Å². The quantitative estimate of drug-likeness (QED) is 0.603. The Morgan fingerprint density at radius 1 is 1.11 bits per heavy atom. The molecule has 4 rings (SSSR count). The number of hydrogen-bond donors (Lipinski definition) is 3. The molecule has 0 bridgehead atoms. The molecule has 0 radical (unpaired) electrons. The van der Waals surface area contributed by atoms with Crippen LogP contribution < -0.4 is 20.7 Å². The summed E-state index contributed by atoms with van der Waals surface area (Å²) in [4.78, 5) is 39.3. The van der Waals surface area contributed by atoms with Crippen molar-refractivity contribution < 1.29 is 28.2 Å². The van der Waals surface area contributed by atoms with Crippen LogP contribution in [-0.4, -0.2) is 61.2 Å². The van der Waals surface area contributed by atoms with Gasteiger partial charge in [-0.2, -0.15) is 0 Å². The van der Waals surface area contributed by atoms with Crippen LogP contribution in [0.2, 0.25) is 0 Å². The van der Waals surface area contributed by atoms with Gasteiger partial charge in [-0.05, 0) is 56.2 Å². The molecule has 186 valence electrons. The van der Waals surface area contributed by atoms with Crippen molar-refractivity contribution in [3.05, 3.63) is 53.8 Å². The van der Waals surface area contributed by atoms with Gasteiger partial charge in [-0.1, -0.05) is 6.07 Å². The third-order valence-corrected chi connectivity index (χ3v) is 6.14. The Morgan fingerprint density at radius 3 is 2.63 bits per heavy atom. The number of ether oxygens (including phenoxy) is 2. The maximum atomic E-state index is 13.4. The largest absolute Gasteiger partial charge is 0.490 e. The fraction of sp³-hybridized carbons (Fsp3) is 0.400. The molecule has 9 nitrogen and oxygen atoms in total. The lowest BCUT2D eigenvalue weighted by Gasteiger charge is -2.42. The SMILES string of the molecule is CCNC(=O)C[C@H]1CC[C@@H]2[C@@H](COc3ccc(NC(=O)Nc4cccc(F)c4)cc3C(=O)N2C)O1. The number of fused-ring (bicyclic) bond motifs is 2. The highest BCUT2D eigenvalue weighted by molar-refractivity contribution is 6.02. The van der Waals surface area contributed by atoms with E-state index in [1.807, 2.05) is 6.92 Å². The lowest BCUT2D eigenvalue weighted by atomic mass is 9.94. The predicted octanol–water partition coefficient (Wildman–Crippen LogP) is 3.38. The fourth-order valence-corrected chi connectivity index (χ4v) is 4.44. The first kappa shape index (κ1) is 24.5. The number of carbonyl (C=O) groups is 3. The first-order valence-corrected chi connectivity index (χ1v) is 11.6. The number of rotatable bonds is 5. The Kier molecular flexibility index (Phi) is 7.50. The van der Waals surface area contributed by atoms with Crippen molar-refractivity contribution in [2.45, 2.75) is 44.4 Å². The molecule has 0 aromatic heterocycles. The summed E-state index contributed by atoms with van der Waals surface area (Å²) in [5.41, 5.74) is 1.02. The number of carbonyl (C=O) groups excluding carboxylic acids is 3. The van der Waals surface area contributed by atoms with Crippen LogP contribution >= 0.6 is 0 Å². The van der Waals surface area contributed by atoms with Crippen LogP contribution in [0.4, 0.5) is 20.6 Å². The molecule has 1 fully saturated rings. The zero-order valence-corrected chi connectivity index (χ0v) is 19.7. The monoisotopic (exact) mass is 484 g/mol. The van der Waals surface area contributed by atoms with Crippen LogP contribution in [0.15, 0.2) is 42.5 Å². The van der Waals surface area contributed by atoms with Crippen LogP contribution in [0.3, 0.4) is 0 Å². The predicted molar refractivity (Wildman–Crippen MR) is 128 cm³/mol. The van der Waals surface area contributed by atoms with Crippen molar-refractivity contribution in [1.29, 1.82) is 0 Å². The lowest BCUT2D eigenvalue weighted by Crippen LogP contribution is -2.54. The number of urea groups is 1. The van der Waals surface area contributed by atoms with E-state index in [0.29, 0.717) is 42.1 Å². The first-order valence-electron chi connectivity index (χ1n) is 11.6. The number of likely N-dealkylation sites (N-methyl/N-ethyl adjacent to an activating group) is 1. The van der Waals surface area contributed by atoms with Gasteiger partial charge in [0.25, 0.3) is 5.91 Å². The molecule has 2 heterocycles. The van der Waals surface area contributed by atoms with Crippen LogP contribution in [0, 0.1) is 5.82 Å². The van der Waals surface area contributed by atoms with Gasteiger partial charge in [-0.15, -0.1) is 0 Å². The number of nitrogens with one attached hydrogen (secondary N) is 3. The van der Waals surface area contributed by atoms with Crippen LogP contribution in [0.1, 0.15) is 36.5 Å². The van der Waals surface area contributed by atoms with E-state index in [2.05, 4.69) is 16.0 Å². The van der Waals surface area contributed by atoms with Gasteiger partial charge in [0.05, 0.1) is 24.1 Å². The lowest BCUT2D eigenvalue weighted by molar-refractivity contribution is -0.133. The van der Waals surface area contributed by atoms with Crippen molar-refractivity contribution >= 4 is 29.2 Å². The van der Waals surface area contributed by atoms with Crippen LogP contribution in [-0.2, 0) is 9.53 Å². The molecule has 0 aliphatic carbocycles. The third kappa shape index (κ3) is 5.89. The molecule has 1 saturated heterocycles. The molecule has 3 N–H and O–H groups in total. The number of amides is 4. The summed E-state index contributed by atoms with van der Waals surface area (Å²) in [5.74, 6) is -0.394. The van der Waals surface area contributed by atoms with Crippen molar-refractivity contribution in [3.8, 4) is 5.75 Å². The van der Waals surface area contributed by atoms with E-state index in [9.17, 15) is 18.8 Å². The smallest absolute Gasteiger partial charge is 0.323 e. The fourth-order valence-electron chi connectivity index (χ4n) is 4.44. The van der Waals surface area contributed by atoms with Gasteiger partial charge in [0, 0.05) is 25.0 Å². The van der Waals surface area contributed by atoms with Crippen LogP contribution in [0.25, 0.3) is 0 Å². The van der Waals surface area contributed by atoms with Gasteiger partial charge < -0.3 is 30.3 Å². The molecule has 3 atom stereocenters. The molecule has 2 aromatic carbocycles. The van der Waals surface area contributed by atoms with Crippen molar-refractivity contribution in [2.75, 3.05) is 30.8 Å². The normalized spacial score (nSPS) is 21.5. The molecule has 0 unspecified atom stereocenters. The highest BCUT2D eigenvalue weighted by Crippen LogP contribution is 2.32. The summed E-state index contributed by atoms with van der Waals surface area (Å²) < 4.78 is 25.4. The second kappa shape index (κ2) is 10.7. The van der Waals surface area contributed by atoms with E-state index in [1.54, 1.807) is 36.2 Å². The van der Waals surface area contributed by atoms with Gasteiger partial charge in [-0.3, -0.25) is 9.59 Å². The van der Waals surface area contributed by atoms with Crippen molar-refractivity contribution in [3.63, 3.8) is 0 Å². The average molecular weight is 485 g/mol. The Balaban J connectivity index is 1.45. The zero-order chi connectivity index (χ0) is 24.9. The standard InChI is InChI=1S/C25H29FN4O5/c1-3-27-23(31)13-18-8-9-20-22(35-18)14-34-21-10-7-17(12-19(21)24(32)30(20)2)29-25(33)28-16-6-4-5-15(26)11-16/h4-7,10-12,18,20,22H,3,8-9,13-14H2,1-2H3,(H,27,31)(H2,28,29,33)/t18-,20-,22-/m1/s1. The highest BCUT2D eigenvalue weighted by atomic mass is 19.1. The first-order chi connectivity index (χ1) is 16.8. The summed E-state index contributed by atoms with van der Waals surface area (Å²) in [6.45, 7) is 2.67. The molecule has 0 saturated carbocycles. The van der Waals surface area contributed by atoms with E-state index < -0.39 is 11.8 Å². The minimum atomic E-state index is -0.568. The summed E-state index contributed by atoms with van der Waals surface area (Å²) in [6.07, 6.45) is 1.03. The Morgan fingerprint density at radius 2 is 1.89 bits per heavy atom. The molecular formula is C25H29FN4O5. The van der Waals surface area contributed by atoms with Crippen molar-refractivity contribution in [2.24, 2.45) is 0 Å². The van der Waals surface area contributed by atoms with E-state index >= 15 is 0 Å². The van der Waals surface area contributed by atoms with Gasteiger partial charge in [0.2, 0.25) is 5.91 Å².